The van der Waals surface area contributed by atoms with E-state index in [1.807, 2.05) is 0 Å². The summed E-state index contributed by atoms with van der Waals surface area (Å²) >= 11 is 0. The molecular weight excluding hydrogens is 232 g/mol. The Morgan fingerprint density at radius 3 is 2.72 bits per heavy atom. The molecule has 0 aromatic carbocycles. The standard InChI is InChI=1S/C12H16N4O2/c13-10-9(2-1-5-14-10)12(18)16-7-6-15-11(17)8-3-4-8/h1-2,5,8H,3-4,6-7H2,(H2,13,14)(H,15,17)(H,16,18). The van der Waals surface area contributed by atoms with E-state index in [0.717, 1.165) is 12.8 Å². The second-order valence-electron chi connectivity index (χ2n) is 4.26. The van der Waals surface area contributed by atoms with Gasteiger partial charge in [0.05, 0.1) is 5.56 Å². The fraction of sp³-hybridized carbons (Fsp3) is 0.417. The Kier molecular flexibility index (Phi) is 3.76. The van der Waals surface area contributed by atoms with Crippen molar-refractivity contribution in [2.75, 3.05) is 18.8 Å². The molecule has 1 heterocycles. The summed E-state index contributed by atoms with van der Waals surface area (Å²) in [5.74, 6) is 0.193. The van der Waals surface area contributed by atoms with Gasteiger partial charge in [0.2, 0.25) is 5.91 Å². The van der Waals surface area contributed by atoms with E-state index in [4.69, 9.17) is 5.73 Å². The lowest BCUT2D eigenvalue weighted by molar-refractivity contribution is -0.122. The fourth-order valence-electron chi connectivity index (χ4n) is 1.56. The summed E-state index contributed by atoms with van der Waals surface area (Å²) in [6, 6.07) is 3.26. The van der Waals surface area contributed by atoms with E-state index in [0.29, 0.717) is 18.7 Å². The van der Waals surface area contributed by atoms with Crippen LogP contribution in [0, 0.1) is 5.92 Å². The molecule has 0 spiro atoms. The Hall–Kier alpha value is -2.11. The van der Waals surface area contributed by atoms with Crippen LogP contribution in [0.4, 0.5) is 5.82 Å². The number of rotatable bonds is 5. The van der Waals surface area contributed by atoms with Crippen molar-refractivity contribution in [1.29, 1.82) is 0 Å². The second kappa shape index (κ2) is 5.48. The molecule has 2 amide bonds. The molecule has 1 aromatic rings. The van der Waals surface area contributed by atoms with Gasteiger partial charge in [0, 0.05) is 25.2 Å². The van der Waals surface area contributed by atoms with Crippen LogP contribution < -0.4 is 16.4 Å². The zero-order valence-electron chi connectivity index (χ0n) is 9.98. The van der Waals surface area contributed by atoms with Gasteiger partial charge in [-0.3, -0.25) is 9.59 Å². The lowest BCUT2D eigenvalue weighted by Crippen LogP contribution is -2.35. The molecule has 18 heavy (non-hydrogen) atoms. The predicted molar refractivity (Wildman–Crippen MR) is 66.7 cm³/mol. The third kappa shape index (κ3) is 3.19. The van der Waals surface area contributed by atoms with E-state index in [9.17, 15) is 9.59 Å². The summed E-state index contributed by atoms with van der Waals surface area (Å²) in [5, 5.41) is 5.45. The van der Waals surface area contributed by atoms with Crippen LogP contribution in [-0.4, -0.2) is 29.9 Å². The summed E-state index contributed by atoms with van der Waals surface area (Å²) in [4.78, 5) is 26.9. The van der Waals surface area contributed by atoms with Gasteiger partial charge in [0.25, 0.3) is 5.91 Å². The summed E-state index contributed by atoms with van der Waals surface area (Å²) in [7, 11) is 0. The molecule has 0 saturated heterocycles. The number of amides is 2. The third-order valence-corrected chi connectivity index (χ3v) is 2.74. The number of nitrogens with one attached hydrogen (secondary N) is 2. The summed E-state index contributed by atoms with van der Waals surface area (Å²) in [5.41, 5.74) is 5.93. The first-order valence-corrected chi connectivity index (χ1v) is 5.95. The zero-order chi connectivity index (χ0) is 13.0. The molecule has 0 bridgehead atoms. The topological polar surface area (TPSA) is 97.1 Å². The van der Waals surface area contributed by atoms with E-state index in [1.165, 1.54) is 6.20 Å². The molecule has 1 fully saturated rings. The van der Waals surface area contributed by atoms with Gasteiger partial charge in [0.15, 0.2) is 0 Å². The lowest BCUT2D eigenvalue weighted by atomic mass is 10.2. The van der Waals surface area contributed by atoms with Gasteiger partial charge in [-0.2, -0.15) is 0 Å². The monoisotopic (exact) mass is 248 g/mol. The van der Waals surface area contributed by atoms with E-state index < -0.39 is 0 Å². The molecule has 4 N–H and O–H groups in total. The lowest BCUT2D eigenvalue weighted by Gasteiger charge is -2.07. The van der Waals surface area contributed by atoms with Gasteiger partial charge in [0.1, 0.15) is 5.82 Å². The quantitative estimate of drug-likeness (QED) is 0.635. The molecule has 1 saturated carbocycles. The average molecular weight is 248 g/mol. The molecule has 6 heteroatoms. The predicted octanol–water partition coefficient (Wildman–Crippen LogP) is -0.0802. The first-order chi connectivity index (χ1) is 8.68. The van der Waals surface area contributed by atoms with Gasteiger partial charge < -0.3 is 16.4 Å². The van der Waals surface area contributed by atoms with Crippen LogP contribution in [-0.2, 0) is 4.79 Å². The van der Waals surface area contributed by atoms with Gasteiger partial charge in [-0.1, -0.05) is 0 Å². The maximum Gasteiger partial charge on any atom is 0.255 e. The molecule has 0 unspecified atom stereocenters. The normalized spacial score (nSPS) is 14.0. The first-order valence-electron chi connectivity index (χ1n) is 5.95. The molecule has 0 radical (unpaired) electrons. The van der Waals surface area contributed by atoms with Crippen molar-refractivity contribution in [3.63, 3.8) is 0 Å². The molecule has 6 nitrogen and oxygen atoms in total. The summed E-state index contributed by atoms with van der Waals surface area (Å²) in [6.07, 6.45) is 3.48. The minimum Gasteiger partial charge on any atom is -0.383 e. The van der Waals surface area contributed by atoms with E-state index >= 15 is 0 Å². The van der Waals surface area contributed by atoms with Crippen molar-refractivity contribution in [1.82, 2.24) is 15.6 Å². The number of hydrogen-bond acceptors (Lipinski definition) is 4. The van der Waals surface area contributed by atoms with Crippen molar-refractivity contribution < 1.29 is 9.59 Å². The molecule has 1 aliphatic rings. The molecular formula is C12H16N4O2. The third-order valence-electron chi connectivity index (χ3n) is 2.74. The average Bonchev–Trinajstić information content (AvgIpc) is 3.19. The van der Waals surface area contributed by atoms with Crippen LogP contribution in [0.2, 0.25) is 0 Å². The molecule has 2 rings (SSSR count). The highest BCUT2D eigenvalue weighted by Gasteiger charge is 2.28. The van der Waals surface area contributed by atoms with Crippen molar-refractivity contribution in [3.05, 3.63) is 23.9 Å². The van der Waals surface area contributed by atoms with Gasteiger partial charge in [-0.15, -0.1) is 0 Å². The molecule has 1 aliphatic carbocycles. The number of aromatic nitrogens is 1. The minimum absolute atomic E-state index is 0.0742. The Morgan fingerprint density at radius 1 is 1.33 bits per heavy atom. The van der Waals surface area contributed by atoms with Crippen molar-refractivity contribution in [2.45, 2.75) is 12.8 Å². The van der Waals surface area contributed by atoms with Crippen LogP contribution in [0.3, 0.4) is 0 Å². The number of carbonyl (C=O) groups excluding carboxylic acids is 2. The highest BCUT2D eigenvalue weighted by atomic mass is 16.2. The maximum absolute atomic E-state index is 11.7. The van der Waals surface area contributed by atoms with Gasteiger partial charge >= 0.3 is 0 Å². The number of anilines is 1. The van der Waals surface area contributed by atoms with Gasteiger partial charge in [-0.25, -0.2) is 4.98 Å². The molecule has 0 atom stereocenters. The van der Waals surface area contributed by atoms with Crippen LogP contribution in [0.1, 0.15) is 23.2 Å². The highest BCUT2D eigenvalue weighted by Crippen LogP contribution is 2.28. The van der Waals surface area contributed by atoms with E-state index in [2.05, 4.69) is 15.6 Å². The Bertz CT molecular complexity index is 457. The number of carbonyl (C=O) groups is 2. The van der Waals surface area contributed by atoms with Crippen molar-refractivity contribution in [2.24, 2.45) is 5.92 Å². The van der Waals surface area contributed by atoms with Crippen LogP contribution >= 0.6 is 0 Å². The Balaban J connectivity index is 1.71. The molecule has 96 valence electrons. The molecule has 0 aliphatic heterocycles. The summed E-state index contributed by atoms with van der Waals surface area (Å²) < 4.78 is 0. The maximum atomic E-state index is 11.7. The smallest absolute Gasteiger partial charge is 0.255 e. The Morgan fingerprint density at radius 2 is 2.06 bits per heavy atom. The van der Waals surface area contributed by atoms with Gasteiger partial charge in [-0.05, 0) is 25.0 Å². The first kappa shape index (κ1) is 12.3. The highest BCUT2D eigenvalue weighted by molar-refractivity contribution is 5.98. The number of nitrogens with zero attached hydrogens (tertiary/aromatic N) is 1. The molecule has 1 aromatic heterocycles. The zero-order valence-corrected chi connectivity index (χ0v) is 9.98. The number of nitrogen functional groups attached to an aromatic ring is 1. The number of hydrogen-bond donors (Lipinski definition) is 3. The number of nitrogens with two attached hydrogens (primary N) is 1. The van der Waals surface area contributed by atoms with Crippen LogP contribution in [0.5, 0.6) is 0 Å². The van der Waals surface area contributed by atoms with Crippen molar-refractivity contribution in [3.8, 4) is 0 Å². The largest absolute Gasteiger partial charge is 0.383 e. The Labute approximate surface area is 105 Å². The minimum atomic E-state index is -0.277. The van der Waals surface area contributed by atoms with Crippen LogP contribution in [0.15, 0.2) is 18.3 Å². The van der Waals surface area contributed by atoms with E-state index in [1.54, 1.807) is 12.1 Å². The number of pyridine rings is 1. The summed E-state index contributed by atoms with van der Waals surface area (Å²) in [6.45, 7) is 0.812. The van der Waals surface area contributed by atoms with Crippen molar-refractivity contribution >= 4 is 17.6 Å². The van der Waals surface area contributed by atoms with E-state index in [-0.39, 0.29) is 23.6 Å². The SMILES string of the molecule is Nc1ncccc1C(=O)NCCNC(=O)C1CC1. The second-order valence-corrected chi connectivity index (χ2v) is 4.26. The fourth-order valence-corrected chi connectivity index (χ4v) is 1.56. The van der Waals surface area contributed by atoms with Crippen LogP contribution in [0.25, 0.3) is 0 Å².